The van der Waals surface area contributed by atoms with Crippen molar-refractivity contribution in [2.45, 2.75) is 83.3 Å². The summed E-state index contributed by atoms with van der Waals surface area (Å²) in [6.45, 7) is 6.19. The van der Waals surface area contributed by atoms with Gasteiger partial charge in [0.2, 0.25) is 0 Å². The summed E-state index contributed by atoms with van der Waals surface area (Å²) in [4.78, 5) is 2.65. The van der Waals surface area contributed by atoms with Gasteiger partial charge >= 0.3 is 0 Å². The molecular weight excluding hydrogens is 232 g/mol. The van der Waals surface area contributed by atoms with Crippen LogP contribution in [0.1, 0.15) is 65.2 Å². The topological polar surface area (TPSA) is 15.3 Å². The van der Waals surface area contributed by atoms with Crippen LogP contribution in [0.4, 0.5) is 0 Å². The molecule has 110 valence electrons. The molecule has 0 amide bonds. The van der Waals surface area contributed by atoms with Gasteiger partial charge < -0.3 is 10.2 Å². The second kappa shape index (κ2) is 5.37. The molecule has 2 heterocycles. The minimum Gasteiger partial charge on any atom is -0.313 e. The molecule has 0 aromatic heterocycles. The highest BCUT2D eigenvalue weighted by molar-refractivity contribution is 4.95. The van der Waals surface area contributed by atoms with Crippen molar-refractivity contribution in [3.63, 3.8) is 0 Å². The quantitative estimate of drug-likeness (QED) is 0.840. The molecule has 1 aliphatic carbocycles. The van der Waals surface area contributed by atoms with Gasteiger partial charge in [-0.25, -0.2) is 0 Å². The van der Waals surface area contributed by atoms with E-state index in [2.05, 4.69) is 31.1 Å². The molecule has 0 spiro atoms. The van der Waals surface area contributed by atoms with Crippen molar-refractivity contribution >= 4 is 0 Å². The number of nitrogens with one attached hydrogen (secondary N) is 1. The Balaban J connectivity index is 1.50. The molecule has 3 unspecified atom stereocenters. The van der Waals surface area contributed by atoms with Crippen LogP contribution in [0.25, 0.3) is 0 Å². The second-order valence-corrected chi connectivity index (χ2v) is 8.08. The van der Waals surface area contributed by atoms with Crippen molar-refractivity contribution in [1.29, 1.82) is 0 Å². The third kappa shape index (κ3) is 2.85. The monoisotopic (exact) mass is 264 g/mol. The van der Waals surface area contributed by atoms with Crippen molar-refractivity contribution in [2.75, 3.05) is 13.6 Å². The summed E-state index contributed by atoms with van der Waals surface area (Å²) in [7, 11) is 2.34. The van der Waals surface area contributed by atoms with E-state index in [0.29, 0.717) is 5.41 Å². The molecule has 0 aromatic carbocycles. The molecule has 3 aliphatic rings. The average molecular weight is 264 g/mol. The predicted molar refractivity (Wildman–Crippen MR) is 81.3 cm³/mol. The van der Waals surface area contributed by atoms with Crippen LogP contribution in [0.5, 0.6) is 0 Å². The lowest BCUT2D eigenvalue weighted by Crippen LogP contribution is -2.48. The summed E-state index contributed by atoms with van der Waals surface area (Å²) >= 11 is 0. The summed E-state index contributed by atoms with van der Waals surface area (Å²) in [5, 5.41) is 3.95. The number of nitrogens with zero attached hydrogens (tertiary/aromatic N) is 1. The maximum Gasteiger partial charge on any atom is 0.0118 e. The first-order valence-corrected chi connectivity index (χ1v) is 8.51. The Morgan fingerprint density at radius 2 is 1.74 bits per heavy atom. The van der Waals surface area contributed by atoms with Crippen molar-refractivity contribution in [3.8, 4) is 0 Å². The van der Waals surface area contributed by atoms with Crippen LogP contribution in [0, 0.1) is 11.3 Å². The molecule has 2 saturated heterocycles. The third-order valence-corrected chi connectivity index (χ3v) is 6.36. The van der Waals surface area contributed by atoms with Crippen molar-refractivity contribution < 1.29 is 0 Å². The first-order valence-electron chi connectivity index (χ1n) is 8.51. The fraction of sp³-hybridized carbons (Fsp3) is 1.00. The van der Waals surface area contributed by atoms with E-state index < -0.39 is 0 Å². The van der Waals surface area contributed by atoms with Crippen molar-refractivity contribution in [3.05, 3.63) is 0 Å². The van der Waals surface area contributed by atoms with Crippen LogP contribution in [0.3, 0.4) is 0 Å². The summed E-state index contributed by atoms with van der Waals surface area (Å²) < 4.78 is 0. The number of fused-ring (bicyclic) bond motifs is 2. The van der Waals surface area contributed by atoms with Gasteiger partial charge in [0.05, 0.1) is 0 Å². The van der Waals surface area contributed by atoms with E-state index in [0.717, 1.165) is 24.0 Å². The van der Waals surface area contributed by atoms with E-state index in [4.69, 9.17) is 0 Å². The number of hydrogen-bond donors (Lipinski definition) is 1. The minimum atomic E-state index is 0.517. The molecular formula is C17H32N2. The van der Waals surface area contributed by atoms with E-state index in [9.17, 15) is 0 Å². The molecule has 2 bridgehead atoms. The third-order valence-electron chi connectivity index (χ3n) is 6.36. The van der Waals surface area contributed by atoms with Gasteiger partial charge in [-0.1, -0.05) is 26.7 Å². The Labute approximate surface area is 119 Å². The van der Waals surface area contributed by atoms with Crippen molar-refractivity contribution in [2.24, 2.45) is 11.3 Å². The molecule has 1 saturated carbocycles. The van der Waals surface area contributed by atoms with Gasteiger partial charge in [-0.3, -0.25) is 0 Å². The Kier molecular flexibility index (Phi) is 3.92. The van der Waals surface area contributed by atoms with E-state index >= 15 is 0 Å². The van der Waals surface area contributed by atoms with Gasteiger partial charge in [0.1, 0.15) is 0 Å². The summed E-state index contributed by atoms with van der Waals surface area (Å²) in [6.07, 6.45) is 11.4. The number of rotatable bonds is 3. The SMILES string of the molecule is CN1C2CCC1CC(CNC1CCCCC1(C)C)C2. The normalized spacial score (nSPS) is 42.5. The van der Waals surface area contributed by atoms with E-state index in [1.54, 1.807) is 0 Å². The largest absolute Gasteiger partial charge is 0.313 e. The summed E-state index contributed by atoms with van der Waals surface area (Å²) in [5.41, 5.74) is 0.517. The lowest BCUT2D eigenvalue weighted by molar-refractivity contribution is 0.116. The highest BCUT2D eigenvalue weighted by Gasteiger charge is 2.39. The molecule has 2 nitrogen and oxygen atoms in total. The zero-order valence-corrected chi connectivity index (χ0v) is 13.1. The standard InChI is InChI=1S/C17H32N2/c1-17(2)9-5-4-6-16(17)18-12-13-10-14-7-8-15(11-13)19(14)3/h13-16,18H,4-12H2,1-3H3. The predicted octanol–water partition coefficient (Wildman–Crippen LogP) is 3.42. The number of piperidine rings is 1. The maximum atomic E-state index is 3.95. The fourth-order valence-electron chi connectivity index (χ4n) is 4.87. The van der Waals surface area contributed by atoms with Crippen LogP contribution >= 0.6 is 0 Å². The van der Waals surface area contributed by atoms with Gasteiger partial charge in [-0.2, -0.15) is 0 Å². The zero-order valence-electron chi connectivity index (χ0n) is 13.1. The first-order chi connectivity index (χ1) is 9.06. The van der Waals surface area contributed by atoms with E-state index in [1.165, 1.54) is 57.9 Å². The smallest absolute Gasteiger partial charge is 0.0118 e. The molecule has 3 atom stereocenters. The van der Waals surface area contributed by atoms with Crippen molar-refractivity contribution in [1.82, 2.24) is 10.2 Å². The molecule has 3 rings (SSSR count). The van der Waals surface area contributed by atoms with E-state index in [1.807, 2.05) is 0 Å². The summed E-state index contributed by atoms with van der Waals surface area (Å²) in [6, 6.07) is 2.55. The van der Waals surface area contributed by atoms with Crippen LogP contribution in [-0.2, 0) is 0 Å². The second-order valence-electron chi connectivity index (χ2n) is 8.08. The molecule has 2 heteroatoms. The highest BCUT2D eigenvalue weighted by Crippen LogP contribution is 2.38. The van der Waals surface area contributed by atoms with Gasteiger partial charge in [0, 0.05) is 18.1 Å². The molecule has 3 fully saturated rings. The maximum absolute atomic E-state index is 3.95. The Bertz CT molecular complexity index is 298. The fourth-order valence-corrected chi connectivity index (χ4v) is 4.87. The zero-order chi connectivity index (χ0) is 13.5. The van der Waals surface area contributed by atoms with Crippen LogP contribution in [0.15, 0.2) is 0 Å². The van der Waals surface area contributed by atoms with E-state index in [-0.39, 0.29) is 0 Å². The van der Waals surface area contributed by atoms with Gasteiger partial charge in [0.25, 0.3) is 0 Å². The molecule has 19 heavy (non-hydrogen) atoms. The Hall–Kier alpha value is -0.0800. The highest BCUT2D eigenvalue weighted by atomic mass is 15.2. The Morgan fingerprint density at radius 3 is 2.37 bits per heavy atom. The average Bonchev–Trinajstić information content (AvgIpc) is 2.61. The first kappa shape index (κ1) is 13.9. The lowest BCUT2D eigenvalue weighted by atomic mass is 9.73. The Morgan fingerprint density at radius 1 is 1.05 bits per heavy atom. The molecule has 0 radical (unpaired) electrons. The van der Waals surface area contributed by atoms with Crippen LogP contribution in [0.2, 0.25) is 0 Å². The van der Waals surface area contributed by atoms with Crippen LogP contribution in [-0.4, -0.2) is 36.6 Å². The molecule has 2 aliphatic heterocycles. The minimum absolute atomic E-state index is 0.517. The molecule has 1 N–H and O–H groups in total. The molecule has 0 aromatic rings. The van der Waals surface area contributed by atoms with Gasteiger partial charge in [-0.15, -0.1) is 0 Å². The lowest BCUT2D eigenvalue weighted by Gasteiger charge is -2.41. The van der Waals surface area contributed by atoms with Crippen LogP contribution < -0.4 is 5.32 Å². The van der Waals surface area contributed by atoms with Gasteiger partial charge in [0.15, 0.2) is 0 Å². The summed E-state index contributed by atoms with van der Waals surface area (Å²) in [5.74, 6) is 0.937. The van der Waals surface area contributed by atoms with Gasteiger partial charge in [-0.05, 0) is 63.5 Å². The number of hydrogen-bond acceptors (Lipinski definition) is 2.